The summed E-state index contributed by atoms with van der Waals surface area (Å²) in [4.78, 5) is 20.7. The van der Waals surface area contributed by atoms with E-state index in [9.17, 15) is 4.79 Å². The number of halogens is 1. The van der Waals surface area contributed by atoms with Crippen molar-refractivity contribution in [3.05, 3.63) is 29.0 Å². The van der Waals surface area contributed by atoms with Crippen LogP contribution in [0.15, 0.2) is 18.5 Å². The zero-order chi connectivity index (χ0) is 14.7. The maximum absolute atomic E-state index is 12.4. The van der Waals surface area contributed by atoms with Gasteiger partial charge in [-0.1, -0.05) is 23.8 Å². The van der Waals surface area contributed by atoms with Crippen LogP contribution in [0.3, 0.4) is 0 Å². The Bertz CT molecular complexity index is 517. The van der Waals surface area contributed by atoms with E-state index in [0.717, 1.165) is 13.1 Å². The number of aromatic nitrogens is 1. The van der Waals surface area contributed by atoms with E-state index in [1.54, 1.807) is 17.2 Å². The second-order valence-corrected chi connectivity index (χ2v) is 5.64. The fourth-order valence-corrected chi connectivity index (χ4v) is 2.56. The Labute approximate surface area is 128 Å². The van der Waals surface area contributed by atoms with Crippen molar-refractivity contribution >= 4 is 34.7 Å². The van der Waals surface area contributed by atoms with E-state index in [1.807, 2.05) is 6.92 Å². The highest BCUT2D eigenvalue weighted by atomic mass is 35.5. The van der Waals surface area contributed by atoms with E-state index in [1.165, 1.54) is 6.20 Å². The summed E-state index contributed by atoms with van der Waals surface area (Å²) in [7, 11) is 0. The second kappa shape index (κ2) is 6.47. The molecule has 1 aromatic rings. The topological polar surface area (TPSA) is 62.5 Å². The molecule has 0 spiro atoms. The quantitative estimate of drug-likeness (QED) is 0.849. The van der Waals surface area contributed by atoms with Gasteiger partial charge in [-0.05, 0) is 13.0 Å². The van der Waals surface area contributed by atoms with Gasteiger partial charge in [0.15, 0.2) is 0 Å². The molecule has 1 aliphatic rings. The van der Waals surface area contributed by atoms with Crippen molar-refractivity contribution in [2.75, 3.05) is 26.2 Å². The molecular weight excluding hydrogens is 296 g/mol. The lowest BCUT2D eigenvalue weighted by atomic mass is 10.2. The molecule has 0 radical (unpaired) electrons. The molecule has 0 aliphatic carbocycles. The van der Waals surface area contributed by atoms with E-state index in [4.69, 9.17) is 29.6 Å². The number of hydrogen-bond donors (Lipinski definition) is 1. The third-order valence-electron chi connectivity index (χ3n) is 3.56. The maximum atomic E-state index is 12.4. The fourth-order valence-electron chi connectivity index (χ4n) is 2.21. The molecule has 2 N–H and O–H groups in total. The number of carbonyl (C=O) groups excluding carboxylic acids is 1. The highest BCUT2D eigenvalue weighted by molar-refractivity contribution is 7.80. The minimum absolute atomic E-state index is 0.0555. The summed E-state index contributed by atoms with van der Waals surface area (Å²) < 4.78 is 0. The second-order valence-electron chi connectivity index (χ2n) is 4.76. The Hall–Kier alpha value is -1.24. The normalized spacial score (nSPS) is 17.8. The highest BCUT2D eigenvalue weighted by Gasteiger charge is 2.26. The largest absolute Gasteiger partial charge is 0.392 e. The van der Waals surface area contributed by atoms with Crippen molar-refractivity contribution < 1.29 is 4.79 Å². The van der Waals surface area contributed by atoms with Crippen molar-refractivity contribution in [1.29, 1.82) is 0 Å². The van der Waals surface area contributed by atoms with Crippen molar-refractivity contribution in [3.8, 4) is 0 Å². The maximum Gasteiger partial charge on any atom is 0.255 e. The first-order valence-corrected chi connectivity index (χ1v) is 7.21. The summed E-state index contributed by atoms with van der Waals surface area (Å²) in [5.41, 5.74) is 6.15. The number of nitrogens with zero attached hydrogens (tertiary/aromatic N) is 3. The molecule has 1 amide bonds. The first-order valence-electron chi connectivity index (χ1n) is 6.43. The summed E-state index contributed by atoms with van der Waals surface area (Å²) in [5, 5.41) is 0.386. The monoisotopic (exact) mass is 312 g/mol. The lowest BCUT2D eigenvalue weighted by molar-refractivity contribution is 0.0621. The molecule has 20 heavy (non-hydrogen) atoms. The number of thiocarbonyl (C=S) groups is 1. The van der Waals surface area contributed by atoms with E-state index in [0.29, 0.717) is 28.7 Å². The van der Waals surface area contributed by atoms with Crippen LogP contribution in [0.5, 0.6) is 0 Å². The Morgan fingerprint density at radius 1 is 1.45 bits per heavy atom. The SMILES string of the molecule is CC(C(N)=S)N1CCN(C(=O)c2ccncc2Cl)CC1. The average molecular weight is 313 g/mol. The Morgan fingerprint density at radius 2 is 2.10 bits per heavy atom. The number of nitrogens with two attached hydrogens (primary N) is 1. The van der Waals surface area contributed by atoms with Gasteiger partial charge < -0.3 is 10.6 Å². The van der Waals surface area contributed by atoms with Crippen LogP contribution < -0.4 is 5.73 Å². The van der Waals surface area contributed by atoms with Crippen LogP contribution in [-0.4, -0.2) is 57.9 Å². The Kier molecular flexibility index (Phi) is 4.91. The van der Waals surface area contributed by atoms with Gasteiger partial charge in [-0.25, -0.2) is 0 Å². The third-order valence-corrected chi connectivity index (χ3v) is 4.21. The molecule has 2 heterocycles. The molecular formula is C13H17ClN4OS. The molecule has 5 nitrogen and oxygen atoms in total. The summed E-state index contributed by atoms with van der Waals surface area (Å²) in [6.07, 6.45) is 3.06. The number of carbonyl (C=O) groups is 1. The van der Waals surface area contributed by atoms with Crippen LogP contribution in [0.1, 0.15) is 17.3 Å². The van der Waals surface area contributed by atoms with E-state index >= 15 is 0 Å². The van der Waals surface area contributed by atoms with Crippen molar-refractivity contribution in [2.45, 2.75) is 13.0 Å². The standard InChI is InChI=1S/C13H17ClN4OS/c1-9(12(15)20)17-4-6-18(7-5-17)13(19)10-2-3-16-8-11(10)14/h2-3,8-9H,4-7H2,1H3,(H2,15,20). The van der Waals surface area contributed by atoms with Gasteiger partial charge >= 0.3 is 0 Å². The lowest BCUT2D eigenvalue weighted by Crippen LogP contribution is -2.54. The average Bonchev–Trinajstić information content (AvgIpc) is 2.46. The van der Waals surface area contributed by atoms with Gasteiger partial charge in [0.25, 0.3) is 5.91 Å². The summed E-state index contributed by atoms with van der Waals surface area (Å²) in [6.45, 7) is 4.79. The van der Waals surface area contributed by atoms with Crippen LogP contribution in [0, 0.1) is 0 Å². The predicted molar refractivity (Wildman–Crippen MR) is 83.0 cm³/mol. The molecule has 1 aliphatic heterocycles. The molecule has 1 fully saturated rings. The molecule has 0 saturated carbocycles. The molecule has 2 rings (SSSR count). The molecule has 0 aromatic carbocycles. The smallest absolute Gasteiger partial charge is 0.255 e. The summed E-state index contributed by atoms with van der Waals surface area (Å²) in [6, 6.07) is 1.71. The molecule has 1 aromatic heterocycles. The molecule has 1 unspecified atom stereocenters. The van der Waals surface area contributed by atoms with Gasteiger partial charge in [0.05, 0.1) is 21.6 Å². The van der Waals surface area contributed by atoms with Crippen LogP contribution in [0.2, 0.25) is 5.02 Å². The molecule has 1 saturated heterocycles. The van der Waals surface area contributed by atoms with Crippen LogP contribution in [0.4, 0.5) is 0 Å². The molecule has 0 bridgehead atoms. The van der Waals surface area contributed by atoms with Gasteiger partial charge in [-0.3, -0.25) is 14.7 Å². The first-order chi connectivity index (χ1) is 9.50. The van der Waals surface area contributed by atoms with Crippen LogP contribution in [0.25, 0.3) is 0 Å². The third kappa shape index (κ3) is 3.26. The summed E-state index contributed by atoms with van der Waals surface area (Å²) in [5.74, 6) is -0.0555. The Morgan fingerprint density at radius 3 is 2.65 bits per heavy atom. The lowest BCUT2D eigenvalue weighted by Gasteiger charge is -2.37. The van der Waals surface area contributed by atoms with E-state index < -0.39 is 0 Å². The van der Waals surface area contributed by atoms with Crippen molar-refractivity contribution in [3.63, 3.8) is 0 Å². The zero-order valence-electron chi connectivity index (χ0n) is 11.3. The van der Waals surface area contributed by atoms with Crippen LogP contribution in [-0.2, 0) is 0 Å². The minimum Gasteiger partial charge on any atom is -0.392 e. The van der Waals surface area contributed by atoms with Gasteiger partial charge in [0, 0.05) is 38.6 Å². The number of pyridine rings is 1. The van der Waals surface area contributed by atoms with Gasteiger partial charge in [0.2, 0.25) is 0 Å². The zero-order valence-corrected chi connectivity index (χ0v) is 12.8. The summed E-state index contributed by atoms with van der Waals surface area (Å²) >= 11 is 11.0. The van der Waals surface area contributed by atoms with E-state index in [2.05, 4.69) is 9.88 Å². The number of amides is 1. The Balaban J connectivity index is 1.99. The van der Waals surface area contributed by atoms with Gasteiger partial charge in [-0.2, -0.15) is 0 Å². The predicted octanol–water partition coefficient (Wildman–Crippen LogP) is 1.17. The first kappa shape index (κ1) is 15.2. The fraction of sp³-hybridized carbons (Fsp3) is 0.462. The number of rotatable bonds is 3. The van der Waals surface area contributed by atoms with E-state index in [-0.39, 0.29) is 11.9 Å². The van der Waals surface area contributed by atoms with Crippen molar-refractivity contribution in [2.24, 2.45) is 5.73 Å². The highest BCUT2D eigenvalue weighted by Crippen LogP contribution is 2.17. The van der Waals surface area contributed by atoms with Crippen molar-refractivity contribution in [1.82, 2.24) is 14.8 Å². The molecule has 108 valence electrons. The number of piperazine rings is 1. The minimum atomic E-state index is -0.0555. The van der Waals surface area contributed by atoms with Gasteiger partial charge in [0.1, 0.15) is 0 Å². The number of hydrogen-bond acceptors (Lipinski definition) is 4. The molecule has 7 heteroatoms. The molecule has 1 atom stereocenters. The van der Waals surface area contributed by atoms with Crippen LogP contribution >= 0.6 is 23.8 Å². The van der Waals surface area contributed by atoms with Gasteiger partial charge in [-0.15, -0.1) is 0 Å².